The third-order valence-corrected chi connectivity index (χ3v) is 5.45. The first kappa shape index (κ1) is 21.1. The molecule has 0 amide bonds. The van der Waals surface area contributed by atoms with E-state index in [-0.39, 0.29) is 29.9 Å². The van der Waals surface area contributed by atoms with Gasteiger partial charge in [0.25, 0.3) is 0 Å². The number of aromatic nitrogens is 1. The number of aliphatic hydroxyl groups excluding tert-OH is 1. The lowest BCUT2D eigenvalue weighted by Crippen LogP contribution is -2.21. The molecule has 1 aromatic heterocycles. The van der Waals surface area contributed by atoms with Crippen LogP contribution >= 0.6 is 0 Å². The minimum absolute atomic E-state index is 0.0217. The zero-order valence-electron chi connectivity index (χ0n) is 17.7. The smallest absolute Gasteiger partial charge is 0.229 e. The third-order valence-electron chi connectivity index (χ3n) is 5.45. The van der Waals surface area contributed by atoms with Crippen LogP contribution in [0, 0.1) is 0 Å². The molecule has 7 heteroatoms. The van der Waals surface area contributed by atoms with E-state index in [0.29, 0.717) is 24.6 Å². The number of hydrogen-bond acceptors (Lipinski definition) is 7. The van der Waals surface area contributed by atoms with E-state index in [1.54, 1.807) is 13.1 Å². The van der Waals surface area contributed by atoms with Crippen molar-refractivity contribution in [3.63, 3.8) is 0 Å². The van der Waals surface area contributed by atoms with E-state index in [1.807, 2.05) is 55.5 Å². The van der Waals surface area contributed by atoms with E-state index in [9.17, 15) is 9.90 Å². The summed E-state index contributed by atoms with van der Waals surface area (Å²) in [6, 6.07) is 13.7. The lowest BCUT2D eigenvalue weighted by atomic mass is 10.00. The molecule has 0 saturated heterocycles. The van der Waals surface area contributed by atoms with E-state index in [0.717, 1.165) is 16.9 Å². The van der Waals surface area contributed by atoms with Crippen molar-refractivity contribution < 1.29 is 19.4 Å². The number of allylic oxidation sites excluding steroid dienone is 1. The van der Waals surface area contributed by atoms with Gasteiger partial charge in [0, 0.05) is 37.3 Å². The molecule has 3 N–H and O–H groups in total. The van der Waals surface area contributed by atoms with Crippen LogP contribution in [0.4, 0.5) is 5.82 Å². The van der Waals surface area contributed by atoms with Gasteiger partial charge in [0.15, 0.2) is 12.0 Å². The highest BCUT2D eigenvalue weighted by atomic mass is 16.6. The minimum Gasteiger partial charge on any atom is -0.437 e. The predicted molar refractivity (Wildman–Crippen MR) is 117 cm³/mol. The molecular formula is C24H27N3O4. The van der Waals surface area contributed by atoms with Gasteiger partial charge in [0.2, 0.25) is 11.7 Å². The van der Waals surface area contributed by atoms with Crippen molar-refractivity contribution in [1.29, 1.82) is 0 Å². The SMILES string of the molecule is CCOC(O)CC1=C(NC(C)c2ccccc2)O/C(=C\C2CNc3ncccc32)C1=O. The summed E-state index contributed by atoms with van der Waals surface area (Å²) in [5, 5.41) is 16.7. The van der Waals surface area contributed by atoms with Crippen molar-refractivity contribution >= 4 is 11.6 Å². The van der Waals surface area contributed by atoms with E-state index in [1.165, 1.54) is 0 Å². The lowest BCUT2D eigenvalue weighted by Gasteiger charge is -2.17. The molecule has 7 nitrogen and oxygen atoms in total. The number of anilines is 1. The highest BCUT2D eigenvalue weighted by Gasteiger charge is 2.34. The van der Waals surface area contributed by atoms with Crippen LogP contribution in [0.5, 0.6) is 0 Å². The van der Waals surface area contributed by atoms with E-state index >= 15 is 0 Å². The third kappa shape index (κ3) is 4.62. The number of fused-ring (bicyclic) bond motifs is 1. The van der Waals surface area contributed by atoms with Crippen LogP contribution < -0.4 is 10.6 Å². The number of Topliss-reactive ketones (excluding diaryl/α,β-unsaturated/α-hetero) is 1. The Kier molecular flexibility index (Phi) is 6.34. The van der Waals surface area contributed by atoms with Crippen LogP contribution in [0.25, 0.3) is 0 Å². The fourth-order valence-electron chi connectivity index (χ4n) is 3.84. The molecule has 0 radical (unpaired) electrons. The molecule has 0 bridgehead atoms. The van der Waals surface area contributed by atoms with Gasteiger partial charge >= 0.3 is 0 Å². The highest BCUT2D eigenvalue weighted by molar-refractivity contribution is 6.09. The number of carbonyl (C=O) groups excluding carboxylic acids is 1. The highest BCUT2D eigenvalue weighted by Crippen LogP contribution is 2.35. The molecule has 0 aliphatic carbocycles. The number of nitrogens with one attached hydrogen (secondary N) is 2. The second-order valence-corrected chi connectivity index (χ2v) is 7.59. The average Bonchev–Trinajstić information content (AvgIpc) is 3.31. The van der Waals surface area contributed by atoms with Crippen molar-refractivity contribution in [1.82, 2.24) is 10.3 Å². The molecule has 0 spiro atoms. The Balaban J connectivity index is 1.58. The van der Waals surface area contributed by atoms with Crippen LogP contribution in [0.1, 0.15) is 43.4 Å². The van der Waals surface area contributed by atoms with Gasteiger partial charge < -0.3 is 25.2 Å². The fourth-order valence-corrected chi connectivity index (χ4v) is 3.84. The zero-order chi connectivity index (χ0) is 21.8. The largest absolute Gasteiger partial charge is 0.437 e. The maximum absolute atomic E-state index is 13.2. The molecule has 2 aromatic rings. The number of pyridine rings is 1. The van der Waals surface area contributed by atoms with Crippen LogP contribution in [-0.2, 0) is 14.3 Å². The number of nitrogens with zero attached hydrogens (tertiary/aromatic N) is 1. The zero-order valence-corrected chi connectivity index (χ0v) is 17.7. The van der Waals surface area contributed by atoms with Gasteiger partial charge in [0.05, 0.1) is 11.6 Å². The van der Waals surface area contributed by atoms with Crippen molar-refractivity contribution in [2.24, 2.45) is 0 Å². The van der Waals surface area contributed by atoms with Gasteiger partial charge in [-0.15, -0.1) is 0 Å². The van der Waals surface area contributed by atoms with Crippen molar-refractivity contribution in [2.75, 3.05) is 18.5 Å². The maximum atomic E-state index is 13.2. The van der Waals surface area contributed by atoms with Crippen LogP contribution in [0.15, 0.2) is 72.0 Å². The lowest BCUT2D eigenvalue weighted by molar-refractivity contribution is -0.116. The van der Waals surface area contributed by atoms with E-state index in [2.05, 4.69) is 15.6 Å². The van der Waals surface area contributed by atoms with Gasteiger partial charge in [-0.2, -0.15) is 0 Å². The molecule has 0 saturated carbocycles. The summed E-state index contributed by atoms with van der Waals surface area (Å²) in [4.78, 5) is 17.5. The normalized spacial score (nSPS) is 20.9. The van der Waals surface area contributed by atoms with Gasteiger partial charge in [-0.3, -0.25) is 4.79 Å². The van der Waals surface area contributed by atoms with Crippen molar-refractivity contribution in [3.05, 3.63) is 83.1 Å². The van der Waals surface area contributed by atoms with E-state index in [4.69, 9.17) is 9.47 Å². The second-order valence-electron chi connectivity index (χ2n) is 7.59. The Bertz CT molecular complexity index is 1000. The standard InChI is InChI=1S/C24H27N3O4/c1-3-30-21(28)13-19-22(29)20(12-17-14-26-23-18(17)10-7-11-25-23)31-24(19)27-15(2)16-8-5-4-6-9-16/h4-12,15,17,21,27-28H,3,13-14H2,1-2H3,(H,25,26)/b20-12-. The van der Waals surface area contributed by atoms with Gasteiger partial charge in [-0.05, 0) is 31.6 Å². The molecule has 2 aliphatic heterocycles. The first-order chi connectivity index (χ1) is 15.1. The fraction of sp³-hybridized carbons (Fsp3) is 0.333. The molecule has 31 heavy (non-hydrogen) atoms. The Labute approximate surface area is 181 Å². The molecule has 3 heterocycles. The monoisotopic (exact) mass is 421 g/mol. The second kappa shape index (κ2) is 9.32. The van der Waals surface area contributed by atoms with Crippen molar-refractivity contribution in [2.45, 2.75) is 38.5 Å². The number of carbonyl (C=O) groups is 1. The van der Waals surface area contributed by atoms with Gasteiger partial charge in [-0.25, -0.2) is 4.98 Å². The molecule has 4 rings (SSSR count). The average molecular weight is 421 g/mol. The summed E-state index contributed by atoms with van der Waals surface area (Å²) in [5.74, 6) is 1.19. The van der Waals surface area contributed by atoms with Gasteiger partial charge in [0.1, 0.15) is 5.82 Å². The van der Waals surface area contributed by atoms with Gasteiger partial charge in [-0.1, -0.05) is 36.4 Å². The number of aliphatic hydroxyl groups is 1. The summed E-state index contributed by atoms with van der Waals surface area (Å²) in [6.07, 6.45) is 2.54. The summed E-state index contributed by atoms with van der Waals surface area (Å²) >= 11 is 0. The molecule has 3 unspecified atom stereocenters. The Morgan fingerprint density at radius 1 is 1.32 bits per heavy atom. The molecule has 2 aliphatic rings. The first-order valence-electron chi connectivity index (χ1n) is 10.5. The summed E-state index contributed by atoms with van der Waals surface area (Å²) in [5.41, 5.74) is 2.47. The maximum Gasteiger partial charge on any atom is 0.229 e. The molecular weight excluding hydrogens is 394 g/mol. The number of benzene rings is 1. The van der Waals surface area contributed by atoms with Crippen LogP contribution in [0.3, 0.4) is 0 Å². The van der Waals surface area contributed by atoms with E-state index < -0.39 is 6.29 Å². The number of rotatable bonds is 8. The first-order valence-corrected chi connectivity index (χ1v) is 10.5. The Morgan fingerprint density at radius 2 is 2.13 bits per heavy atom. The molecule has 1 aromatic carbocycles. The number of ether oxygens (including phenoxy) is 2. The topological polar surface area (TPSA) is 92.7 Å². The Hall–Kier alpha value is -3.16. The summed E-state index contributed by atoms with van der Waals surface area (Å²) in [6.45, 7) is 4.79. The summed E-state index contributed by atoms with van der Waals surface area (Å²) in [7, 11) is 0. The van der Waals surface area contributed by atoms with Crippen LogP contribution in [0.2, 0.25) is 0 Å². The van der Waals surface area contributed by atoms with Crippen molar-refractivity contribution in [3.8, 4) is 0 Å². The quantitative estimate of drug-likeness (QED) is 0.444. The Morgan fingerprint density at radius 3 is 2.90 bits per heavy atom. The minimum atomic E-state index is -1.08. The number of ketones is 1. The molecule has 3 atom stereocenters. The molecule has 0 fully saturated rings. The van der Waals surface area contributed by atoms with Crippen LogP contribution in [-0.4, -0.2) is 35.3 Å². The summed E-state index contributed by atoms with van der Waals surface area (Å²) < 4.78 is 11.3. The molecule has 162 valence electrons. The predicted octanol–water partition coefficient (Wildman–Crippen LogP) is 3.38. The number of hydrogen-bond donors (Lipinski definition) is 3.